The Kier molecular flexibility index (Phi) is 4.44. The number of amides is 1. The minimum Gasteiger partial charge on any atom is -0.494 e. The van der Waals surface area contributed by atoms with E-state index in [4.69, 9.17) is 9.15 Å². The Balaban J connectivity index is 1.84. The molecule has 130 valence electrons. The van der Waals surface area contributed by atoms with Crippen molar-refractivity contribution < 1.29 is 22.7 Å². The number of fused-ring (bicyclic) bond motifs is 1. The smallest absolute Gasteiger partial charge is 0.287 e. The lowest BCUT2D eigenvalue weighted by Gasteiger charge is -2.14. The highest BCUT2D eigenvalue weighted by molar-refractivity contribution is 5.99. The summed E-state index contributed by atoms with van der Waals surface area (Å²) in [4.78, 5) is 12.5. The van der Waals surface area contributed by atoms with E-state index in [0.29, 0.717) is 22.1 Å². The summed E-state index contributed by atoms with van der Waals surface area (Å²) in [5.41, 5.74) is 1.58. The Morgan fingerprint density at radius 2 is 1.96 bits per heavy atom. The number of aryl methyl sites for hydroxylation is 1. The lowest BCUT2D eigenvalue weighted by atomic mass is 10.1. The fourth-order valence-electron chi connectivity index (χ4n) is 2.71. The number of methoxy groups -OCH3 is 1. The van der Waals surface area contributed by atoms with E-state index in [1.54, 1.807) is 19.9 Å². The van der Waals surface area contributed by atoms with Crippen LogP contribution in [0, 0.1) is 18.6 Å². The van der Waals surface area contributed by atoms with Gasteiger partial charge in [-0.2, -0.15) is 0 Å². The van der Waals surface area contributed by atoms with Crippen molar-refractivity contribution in [2.75, 3.05) is 7.11 Å². The van der Waals surface area contributed by atoms with Crippen LogP contribution in [0.2, 0.25) is 0 Å². The molecule has 0 aliphatic carbocycles. The molecule has 0 bridgehead atoms. The first-order chi connectivity index (χ1) is 11.9. The van der Waals surface area contributed by atoms with E-state index in [1.807, 2.05) is 0 Å². The molecule has 1 atom stereocenters. The second-order valence-corrected chi connectivity index (χ2v) is 5.79. The number of carbonyl (C=O) groups excluding carboxylic acids is 1. The molecule has 1 aromatic heterocycles. The maximum absolute atomic E-state index is 13.8. The summed E-state index contributed by atoms with van der Waals surface area (Å²) in [6, 6.07) is 8.12. The first kappa shape index (κ1) is 17.0. The second kappa shape index (κ2) is 6.55. The first-order valence-electron chi connectivity index (χ1n) is 7.73. The number of benzene rings is 2. The summed E-state index contributed by atoms with van der Waals surface area (Å²) in [5.74, 6) is -1.10. The number of ether oxygens (including phenoxy) is 1. The summed E-state index contributed by atoms with van der Waals surface area (Å²) in [5, 5.41) is 3.31. The fourth-order valence-corrected chi connectivity index (χ4v) is 2.71. The van der Waals surface area contributed by atoms with Gasteiger partial charge in [-0.25, -0.2) is 8.78 Å². The predicted octanol–water partition coefficient (Wildman–Crippen LogP) is 4.52. The van der Waals surface area contributed by atoms with Gasteiger partial charge in [0.2, 0.25) is 0 Å². The van der Waals surface area contributed by atoms with Gasteiger partial charge in [-0.1, -0.05) is 6.07 Å². The molecule has 25 heavy (non-hydrogen) atoms. The highest BCUT2D eigenvalue weighted by Gasteiger charge is 2.20. The van der Waals surface area contributed by atoms with Crippen LogP contribution in [0.3, 0.4) is 0 Å². The summed E-state index contributed by atoms with van der Waals surface area (Å²) in [7, 11) is 1.39. The van der Waals surface area contributed by atoms with Gasteiger partial charge in [0.05, 0.1) is 13.2 Å². The molecule has 0 aliphatic rings. The van der Waals surface area contributed by atoms with Crippen LogP contribution in [0.15, 0.2) is 40.8 Å². The Morgan fingerprint density at radius 1 is 1.20 bits per heavy atom. The molecule has 4 nitrogen and oxygen atoms in total. The minimum atomic E-state index is -0.503. The van der Waals surface area contributed by atoms with E-state index in [-0.39, 0.29) is 11.5 Å². The van der Waals surface area contributed by atoms with Gasteiger partial charge in [0.1, 0.15) is 11.4 Å². The lowest BCUT2D eigenvalue weighted by Crippen LogP contribution is -2.26. The third kappa shape index (κ3) is 3.20. The van der Waals surface area contributed by atoms with Crippen molar-refractivity contribution in [3.8, 4) is 5.75 Å². The van der Waals surface area contributed by atoms with Crippen LogP contribution >= 0.6 is 0 Å². The monoisotopic (exact) mass is 345 g/mol. The number of nitrogens with one attached hydrogen (secondary N) is 1. The molecule has 2 aromatic carbocycles. The predicted molar refractivity (Wildman–Crippen MR) is 89.7 cm³/mol. The molecular weight excluding hydrogens is 328 g/mol. The Hall–Kier alpha value is -2.89. The van der Waals surface area contributed by atoms with Crippen LogP contribution < -0.4 is 10.1 Å². The number of hydrogen-bond acceptors (Lipinski definition) is 3. The average molecular weight is 345 g/mol. The minimum absolute atomic E-state index is 0.112. The van der Waals surface area contributed by atoms with Crippen LogP contribution in [0.4, 0.5) is 8.78 Å². The van der Waals surface area contributed by atoms with Crippen LogP contribution in [-0.4, -0.2) is 13.0 Å². The van der Waals surface area contributed by atoms with E-state index in [9.17, 15) is 13.6 Å². The number of hydrogen-bond donors (Lipinski definition) is 1. The van der Waals surface area contributed by atoms with Gasteiger partial charge in [0, 0.05) is 10.9 Å². The zero-order valence-corrected chi connectivity index (χ0v) is 14.0. The van der Waals surface area contributed by atoms with Crippen molar-refractivity contribution in [3.05, 3.63) is 64.9 Å². The molecule has 3 aromatic rings. The van der Waals surface area contributed by atoms with Crippen molar-refractivity contribution in [2.45, 2.75) is 19.9 Å². The zero-order valence-electron chi connectivity index (χ0n) is 14.0. The third-order valence-corrected chi connectivity index (χ3v) is 4.13. The Labute approximate surface area is 143 Å². The van der Waals surface area contributed by atoms with Crippen LogP contribution in [-0.2, 0) is 0 Å². The molecule has 1 unspecified atom stereocenters. The number of rotatable bonds is 4. The maximum atomic E-state index is 13.8. The molecule has 1 amide bonds. The largest absolute Gasteiger partial charge is 0.494 e. The van der Waals surface area contributed by atoms with Gasteiger partial charge in [-0.3, -0.25) is 4.79 Å². The topological polar surface area (TPSA) is 51.5 Å². The average Bonchev–Trinajstić information content (AvgIpc) is 2.91. The van der Waals surface area contributed by atoms with Crippen molar-refractivity contribution in [2.24, 2.45) is 0 Å². The molecule has 0 saturated carbocycles. The Bertz CT molecular complexity index is 949. The highest BCUT2D eigenvalue weighted by Crippen LogP contribution is 2.27. The van der Waals surface area contributed by atoms with E-state index in [2.05, 4.69) is 5.32 Å². The summed E-state index contributed by atoms with van der Waals surface area (Å²) >= 11 is 0. The molecule has 3 rings (SSSR count). The van der Waals surface area contributed by atoms with E-state index < -0.39 is 23.6 Å². The SMILES string of the molecule is COc1ccc(C(C)NC(=O)c2oc3ccc(F)cc3c2C)cc1F. The van der Waals surface area contributed by atoms with Gasteiger partial charge in [0.25, 0.3) is 5.91 Å². The molecule has 1 heterocycles. The van der Waals surface area contributed by atoms with Gasteiger partial charge in [-0.15, -0.1) is 0 Å². The van der Waals surface area contributed by atoms with Crippen molar-refractivity contribution >= 4 is 16.9 Å². The van der Waals surface area contributed by atoms with Crippen molar-refractivity contribution in [1.29, 1.82) is 0 Å². The van der Waals surface area contributed by atoms with Gasteiger partial charge >= 0.3 is 0 Å². The van der Waals surface area contributed by atoms with Crippen molar-refractivity contribution in [3.63, 3.8) is 0 Å². The number of halogens is 2. The second-order valence-electron chi connectivity index (χ2n) is 5.79. The molecular formula is C19H17F2NO3. The van der Waals surface area contributed by atoms with E-state index >= 15 is 0 Å². The molecule has 6 heteroatoms. The molecule has 0 radical (unpaired) electrons. The molecule has 1 N–H and O–H groups in total. The fraction of sp³-hybridized carbons (Fsp3) is 0.211. The quantitative estimate of drug-likeness (QED) is 0.756. The molecule has 0 spiro atoms. The van der Waals surface area contributed by atoms with E-state index in [0.717, 1.165) is 0 Å². The summed E-state index contributed by atoms with van der Waals surface area (Å²) in [6.45, 7) is 3.43. The van der Waals surface area contributed by atoms with Crippen LogP contribution in [0.5, 0.6) is 5.75 Å². The highest BCUT2D eigenvalue weighted by atomic mass is 19.1. The lowest BCUT2D eigenvalue weighted by molar-refractivity contribution is 0.0913. The normalized spacial score (nSPS) is 12.2. The standard InChI is InChI=1S/C19H17F2NO3/c1-10-14-9-13(20)5-7-16(14)25-18(10)19(23)22-11(2)12-4-6-17(24-3)15(21)8-12/h4-9,11H,1-3H3,(H,22,23). The molecule has 0 fully saturated rings. The Morgan fingerprint density at radius 3 is 2.64 bits per heavy atom. The summed E-state index contributed by atoms with van der Waals surface area (Å²) < 4.78 is 37.6. The van der Waals surface area contributed by atoms with E-state index in [1.165, 1.54) is 37.4 Å². The van der Waals surface area contributed by atoms with Gasteiger partial charge in [-0.05, 0) is 49.7 Å². The molecule has 0 saturated heterocycles. The van der Waals surface area contributed by atoms with Gasteiger partial charge < -0.3 is 14.5 Å². The molecule has 0 aliphatic heterocycles. The van der Waals surface area contributed by atoms with Gasteiger partial charge in [0.15, 0.2) is 17.3 Å². The summed E-state index contributed by atoms with van der Waals surface area (Å²) in [6.07, 6.45) is 0. The number of carbonyl (C=O) groups is 1. The van der Waals surface area contributed by atoms with Crippen LogP contribution in [0.1, 0.15) is 34.6 Å². The third-order valence-electron chi connectivity index (χ3n) is 4.13. The maximum Gasteiger partial charge on any atom is 0.287 e. The van der Waals surface area contributed by atoms with Crippen LogP contribution in [0.25, 0.3) is 11.0 Å². The zero-order chi connectivity index (χ0) is 18.1. The van der Waals surface area contributed by atoms with Crippen molar-refractivity contribution in [1.82, 2.24) is 5.32 Å². The first-order valence-corrected chi connectivity index (χ1v) is 7.73. The number of furan rings is 1.